The number of amides is 1. The van der Waals surface area contributed by atoms with Crippen LogP contribution in [0.15, 0.2) is 29.2 Å². The maximum absolute atomic E-state index is 12.5. The largest absolute Gasteiger partial charge is 0.487 e. The lowest BCUT2D eigenvalue weighted by Gasteiger charge is -2.22. The molecule has 0 bridgehead atoms. The summed E-state index contributed by atoms with van der Waals surface area (Å²) in [5, 5.41) is 0. The summed E-state index contributed by atoms with van der Waals surface area (Å²) in [5.74, 6) is 0.428. The molecule has 1 aromatic carbocycles. The van der Waals surface area contributed by atoms with Crippen LogP contribution in [0.25, 0.3) is 0 Å². The minimum Gasteiger partial charge on any atom is -0.487 e. The average molecular weight is 338 g/mol. The molecule has 0 radical (unpaired) electrons. The van der Waals surface area contributed by atoms with Gasteiger partial charge in [0.15, 0.2) is 0 Å². The highest BCUT2D eigenvalue weighted by molar-refractivity contribution is 7.89. The van der Waals surface area contributed by atoms with Crippen molar-refractivity contribution in [1.82, 2.24) is 9.62 Å². The van der Waals surface area contributed by atoms with Gasteiger partial charge in [-0.15, -0.1) is 0 Å². The minimum absolute atomic E-state index is 0.0590. The summed E-state index contributed by atoms with van der Waals surface area (Å²) in [4.78, 5) is 14.2. The smallest absolute Gasteiger partial charge is 0.244 e. The van der Waals surface area contributed by atoms with E-state index in [0.29, 0.717) is 31.7 Å². The highest BCUT2D eigenvalue weighted by atomic mass is 32.2. The normalized spacial score (nSPS) is 26.5. The fourth-order valence-electron chi connectivity index (χ4n) is 3.13. The van der Waals surface area contributed by atoms with Crippen LogP contribution in [0.2, 0.25) is 0 Å². The van der Waals surface area contributed by atoms with Crippen LogP contribution in [-0.2, 0) is 14.8 Å². The molecule has 126 valence electrons. The van der Waals surface area contributed by atoms with E-state index in [1.165, 1.54) is 0 Å². The van der Waals surface area contributed by atoms with E-state index in [1.54, 1.807) is 24.3 Å². The van der Waals surface area contributed by atoms with Crippen molar-refractivity contribution < 1.29 is 17.9 Å². The van der Waals surface area contributed by atoms with Crippen LogP contribution in [0.3, 0.4) is 0 Å². The second-order valence-electron chi connectivity index (χ2n) is 6.39. The molecule has 23 heavy (non-hydrogen) atoms. The molecule has 3 rings (SSSR count). The molecule has 1 N–H and O–H groups in total. The first-order valence-electron chi connectivity index (χ1n) is 7.95. The lowest BCUT2D eigenvalue weighted by atomic mass is 10.1. The Kier molecular flexibility index (Phi) is 4.33. The predicted octanol–water partition coefficient (Wildman–Crippen LogP) is 1.37. The fourth-order valence-corrected chi connectivity index (χ4v) is 4.57. The molecule has 0 spiro atoms. The summed E-state index contributed by atoms with van der Waals surface area (Å²) >= 11 is 0. The van der Waals surface area contributed by atoms with Crippen LogP contribution in [0.5, 0.6) is 5.75 Å². The zero-order valence-electron chi connectivity index (χ0n) is 13.4. The number of carbonyl (C=O) groups excluding carboxylic acids is 1. The number of hydrogen-bond acceptors (Lipinski definition) is 4. The number of benzene rings is 1. The maximum atomic E-state index is 12.5. The number of likely N-dealkylation sites (tertiary alicyclic amines) is 1. The lowest BCUT2D eigenvalue weighted by molar-refractivity contribution is -0.134. The number of ether oxygens (including phenoxy) is 1. The average Bonchev–Trinajstić information content (AvgIpc) is 2.75. The van der Waals surface area contributed by atoms with Gasteiger partial charge in [-0.05, 0) is 18.6 Å². The fraction of sp³-hybridized carbons (Fsp3) is 0.562. The van der Waals surface area contributed by atoms with Crippen molar-refractivity contribution in [2.75, 3.05) is 13.1 Å². The summed E-state index contributed by atoms with van der Waals surface area (Å²) in [6.07, 6.45) is 0.898. The Bertz CT molecular complexity index is 702. The van der Waals surface area contributed by atoms with E-state index in [2.05, 4.69) is 4.72 Å². The van der Waals surface area contributed by atoms with Gasteiger partial charge < -0.3 is 9.64 Å². The van der Waals surface area contributed by atoms with Gasteiger partial charge in [0, 0.05) is 25.4 Å². The Morgan fingerprint density at radius 2 is 1.96 bits per heavy atom. The van der Waals surface area contributed by atoms with Gasteiger partial charge in [-0.25, -0.2) is 13.1 Å². The number of para-hydroxylation sites is 1. The van der Waals surface area contributed by atoms with Crippen molar-refractivity contribution in [1.29, 1.82) is 0 Å². The Morgan fingerprint density at radius 1 is 1.26 bits per heavy atom. The Morgan fingerprint density at radius 3 is 2.70 bits per heavy atom. The standard InChI is InChI=1S/C16H22N2O4S/c1-11(2)16(19)18-9-7-12-13(8-10-18)22-14-5-3-4-6-15(14)23(20,21)17-12/h3-6,11-13,17H,7-10H2,1-2H3/t12-,13-/m0/s1. The Labute approximate surface area is 136 Å². The van der Waals surface area contributed by atoms with Gasteiger partial charge >= 0.3 is 0 Å². The molecule has 1 amide bonds. The molecule has 0 saturated carbocycles. The third kappa shape index (κ3) is 3.21. The first-order chi connectivity index (χ1) is 10.9. The molecule has 1 aromatic rings. The second kappa shape index (κ2) is 6.13. The molecular formula is C16H22N2O4S. The number of nitrogens with one attached hydrogen (secondary N) is 1. The predicted molar refractivity (Wildman–Crippen MR) is 85.6 cm³/mol. The monoisotopic (exact) mass is 338 g/mol. The molecule has 2 aliphatic rings. The van der Waals surface area contributed by atoms with E-state index in [-0.39, 0.29) is 28.9 Å². The summed E-state index contributed by atoms with van der Waals surface area (Å²) in [7, 11) is -3.60. The van der Waals surface area contributed by atoms with Gasteiger partial charge in [-0.3, -0.25) is 4.79 Å². The molecular weight excluding hydrogens is 316 g/mol. The molecule has 0 aromatic heterocycles. The summed E-state index contributed by atoms with van der Waals surface area (Å²) in [5.41, 5.74) is 0. The van der Waals surface area contributed by atoms with Crippen molar-refractivity contribution in [3.05, 3.63) is 24.3 Å². The van der Waals surface area contributed by atoms with E-state index in [1.807, 2.05) is 18.7 Å². The molecule has 7 heteroatoms. The van der Waals surface area contributed by atoms with Crippen LogP contribution in [0.4, 0.5) is 0 Å². The molecule has 0 aliphatic carbocycles. The number of nitrogens with zero attached hydrogens (tertiary/aromatic N) is 1. The van der Waals surface area contributed by atoms with Gasteiger partial charge in [0.25, 0.3) is 0 Å². The summed E-state index contributed by atoms with van der Waals surface area (Å²) in [6, 6.07) is 6.36. The zero-order valence-corrected chi connectivity index (χ0v) is 14.2. The van der Waals surface area contributed by atoms with Crippen LogP contribution in [0.1, 0.15) is 26.7 Å². The molecule has 2 atom stereocenters. The number of carbonyl (C=O) groups is 1. The van der Waals surface area contributed by atoms with Gasteiger partial charge in [-0.2, -0.15) is 0 Å². The lowest BCUT2D eigenvalue weighted by Crippen LogP contribution is -2.43. The number of rotatable bonds is 1. The van der Waals surface area contributed by atoms with Crippen LogP contribution < -0.4 is 9.46 Å². The second-order valence-corrected chi connectivity index (χ2v) is 8.07. The summed E-state index contributed by atoms with van der Waals surface area (Å²) < 4.78 is 33.8. The Hall–Kier alpha value is -1.60. The van der Waals surface area contributed by atoms with Gasteiger partial charge in [0.1, 0.15) is 16.7 Å². The first-order valence-corrected chi connectivity index (χ1v) is 9.43. The van der Waals surface area contributed by atoms with Crippen molar-refractivity contribution in [2.24, 2.45) is 5.92 Å². The topological polar surface area (TPSA) is 75.7 Å². The van der Waals surface area contributed by atoms with Crippen molar-refractivity contribution in [3.8, 4) is 5.75 Å². The van der Waals surface area contributed by atoms with Crippen LogP contribution in [0, 0.1) is 5.92 Å². The maximum Gasteiger partial charge on any atom is 0.244 e. The van der Waals surface area contributed by atoms with E-state index >= 15 is 0 Å². The van der Waals surface area contributed by atoms with Gasteiger partial charge in [0.2, 0.25) is 15.9 Å². The van der Waals surface area contributed by atoms with Crippen LogP contribution >= 0.6 is 0 Å². The SMILES string of the molecule is CC(C)C(=O)N1CC[C@@H]2NS(=O)(=O)c3ccccc3O[C@H]2CC1. The number of hydrogen-bond donors (Lipinski definition) is 1. The molecule has 1 saturated heterocycles. The minimum atomic E-state index is -3.60. The number of sulfonamides is 1. The van der Waals surface area contributed by atoms with Gasteiger partial charge in [-0.1, -0.05) is 26.0 Å². The van der Waals surface area contributed by atoms with Crippen LogP contribution in [-0.4, -0.2) is 44.5 Å². The van der Waals surface area contributed by atoms with E-state index in [9.17, 15) is 13.2 Å². The summed E-state index contributed by atoms with van der Waals surface area (Å²) in [6.45, 7) is 4.88. The van der Waals surface area contributed by atoms with Gasteiger partial charge in [0.05, 0.1) is 6.04 Å². The highest BCUT2D eigenvalue weighted by Crippen LogP contribution is 2.31. The highest BCUT2D eigenvalue weighted by Gasteiger charge is 2.37. The third-order valence-electron chi connectivity index (χ3n) is 4.37. The number of fused-ring (bicyclic) bond motifs is 2. The van der Waals surface area contributed by atoms with Crippen molar-refractivity contribution in [2.45, 2.75) is 43.7 Å². The quantitative estimate of drug-likeness (QED) is 0.839. The van der Waals surface area contributed by atoms with E-state index in [0.717, 1.165) is 0 Å². The van der Waals surface area contributed by atoms with E-state index < -0.39 is 10.0 Å². The first kappa shape index (κ1) is 16.3. The van der Waals surface area contributed by atoms with Crippen molar-refractivity contribution in [3.63, 3.8) is 0 Å². The third-order valence-corrected chi connectivity index (χ3v) is 5.90. The molecule has 1 fully saturated rings. The zero-order chi connectivity index (χ0) is 16.6. The molecule has 0 unspecified atom stereocenters. The van der Waals surface area contributed by atoms with E-state index in [4.69, 9.17) is 4.74 Å². The Balaban J connectivity index is 1.86. The molecule has 2 aliphatic heterocycles. The molecule has 2 heterocycles. The molecule has 6 nitrogen and oxygen atoms in total. The van der Waals surface area contributed by atoms with Crippen molar-refractivity contribution >= 4 is 15.9 Å².